The van der Waals surface area contributed by atoms with Crippen molar-refractivity contribution in [1.82, 2.24) is 9.78 Å². The van der Waals surface area contributed by atoms with Crippen molar-refractivity contribution < 1.29 is 4.79 Å². The number of Topliss-reactive ketones (excluding diaryl/α,β-unsaturated/α-hetero) is 1. The minimum Gasteiger partial charge on any atom is -0.294 e. The van der Waals surface area contributed by atoms with Crippen LogP contribution in [-0.2, 0) is 6.54 Å². The number of aromatic nitrogens is 2. The van der Waals surface area contributed by atoms with E-state index in [1.165, 1.54) is 0 Å². The van der Waals surface area contributed by atoms with E-state index >= 15 is 0 Å². The number of halogens is 2. The molecule has 0 fully saturated rings. The van der Waals surface area contributed by atoms with Crippen molar-refractivity contribution in [2.75, 3.05) is 0 Å². The Morgan fingerprint density at radius 3 is 2.47 bits per heavy atom. The molecular formula is C14H14Cl2N2O. The highest BCUT2D eigenvalue weighted by Crippen LogP contribution is 2.23. The zero-order valence-corrected chi connectivity index (χ0v) is 12.5. The van der Waals surface area contributed by atoms with Gasteiger partial charge in [0.25, 0.3) is 0 Å². The molecule has 0 radical (unpaired) electrons. The van der Waals surface area contributed by atoms with E-state index in [0.717, 1.165) is 17.0 Å². The van der Waals surface area contributed by atoms with Gasteiger partial charge in [-0.2, -0.15) is 5.10 Å². The standard InChI is InChI=1S/C14H14Cl2N2O/c1-8-14(10(3)19)9(2)18(17-8)7-11-4-5-12(15)13(16)6-11/h4-6H,7H2,1-3H3. The predicted molar refractivity (Wildman–Crippen MR) is 77.3 cm³/mol. The lowest BCUT2D eigenvalue weighted by Crippen LogP contribution is -2.05. The average Bonchev–Trinajstić information content (AvgIpc) is 2.59. The van der Waals surface area contributed by atoms with Gasteiger partial charge in [-0.15, -0.1) is 0 Å². The Labute approximate surface area is 122 Å². The lowest BCUT2D eigenvalue weighted by molar-refractivity contribution is 0.101. The van der Waals surface area contributed by atoms with Crippen molar-refractivity contribution >= 4 is 29.0 Å². The number of carbonyl (C=O) groups is 1. The van der Waals surface area contributed by atoms with E-state index in [1.54, 1.807) is 13.0 Å². The molecule has 1 heterocycles. The van der Waals surface area contributed by atoms with Crippen LogP contribution in [0.4, 0.5) is 0 Å². The minimum atomic E-state index is 0.0374. The Hall–Kier alpha value is -1.32. The maximum absolute atomic E-state index is 11.6. The van der Waals surface area contributed by atoms with Crippen molar-refractivity contribution in [2.24, 2.45) is 0 Å². The summed E-state index contributed by atoms with van der Waals surface area (Å²) < 4.78 is 1.81. The summed E-state index contributed by atoms with van der Waals surface area (Å²) >= 11 is 11.9. The third-order valence-electron chi connectivity index (χ3n) is 3.05. The van der Waals surface area contributed by atoms with Gasteiger partial charge in [0.15, 0.2) is 5.78 Å². The fraction of sp³-hybridized carbons (Fsp3) is 0.286. The Morgan fingerprint density at radius 1 is 1.26 bits per heavy atom. The molecule has 0 amide bonds. The number of ketones is 1. The Bertz CT molecular complexity index is 647. The first-order chi connectivity index (χ1) is 8.90. The van der Waals surface area contributed by atoms with Crippen molar-refractivity contribution in [3.63, 3.8) is 0 Å². The molecule has 5 heteroatoms. The van der Waals surface area contributed by atoms with E-state index in [1.807, 2.05) is 30.7 Å². The monoisotopic (exact) mass is 296 g/mol. The molecule has 0 bridgehead atoms. The van der Waals surface area contributed by atoms with Crippen LogP contribution in [0.2, 0.25) is 10.0 Å². The summed E-state index contributed by atoms with van der Waals surface area (Å²) in [5.41, 5.74) is 3.32. The summed E-state index contributed by atoms with van der Waals surface area (Å²) in [6.45, 7) is 5.86. The van der Waals surface area contributed by atoms with Gasteiger partial charge in [-0.1, -0.05) is 29.3 Å². The van der Waals surface area contributed by atoms with Gasteiger partial charge < -0.3 is 0 Å². The van der Waals surface area contributed by atoms with Crippen molar-refractivity contribution in [1.29, 1.82) is 0 Å². The maximum atomic E-state index is 11.6. The Morgan fingerprint density at radius 2 is 1.95 bits per heavy atom. The van der Waals surface area contributed by atoms with Crippen LogP contribution in [0.25, 0.3) is 0 Å². The topological polar surface area (TPSA) is 34.9 Å². The zero-order valence-electron chi connectivity index (χ0n) is 11.0. The molecule has 100 valence electrons. The average molecular weight is 297 g/mol. The minimum absolute atomic E-state index is 0.0374. The van der Waals surface area contributed by atoms with Gasteiger partial charge in [0.1, 0.15) is 0 Å². The highest BCUT2D eigenvalue weighted by atomic mass is 35.5. The number of hydrogen-bond acceptors (Lipinski definition) is 2. The van der Waals surface area contributed by atoms with Crippen molar-refractivity contribution in [2.45, 2.75) is 27.3 Å². The second-order valence-corrected chi connectivity index (χ2v) is 5.32. The van der Waals surface area contributed by atoms with Crippen LogP contribution in [0.5, 0.6) is 0 Å². The predicted octanol–water partition coefficient (Wildman–Crippen LogP) is 4.06. The SMILES string of the molecule is CC(=O)c1c(C)nn(Cc2ccc(Cl)c(Cl)c2)c1C. The second-order valence-electron chi connectivity index (χ2n) is 4.51. The molecule has 0 saturated heterocycles. The molecule has 1 aromatic heterocycles. The van der Waals surface area contributed by atoms with Gasteiger partial charge in [-0.05, 0) is 38.5 Å². The van der Waals surface area contributed by atoms with Crippen LogP contribution in [0, 0.1) is 13.8 Å². The zero-order chi connectivity index (χ0) is 14.2. The maximum Gasteiger partial charge on any atom is 0.163 e. The molecule has 0 aliphatic heterocycles. The molecule has 2 rings (SSSR count). The van der Waals surface area contributed by atoms with E-state index in [4.69, 9.17) is 23.2 Å². The summed E-state index contributed by atoms with van der Waals surface area (Å²) in [6.07, 6.45) is 0. The largest absolute Gasteiger partial charge is 0.294 e. The Kier molecular flexibility index (Phi) is 3.97. The third-order valence-corrected chi connectivity index (χ3v) is 3.79. The summed E-state index contributed by atoms with van der Waals surface area (Å²) in [4.78, 5) is 11.6. The highest BCUT2D eigenvalue weighted by Gasteiger charge is 2.15. The normalized spacial score (nSPS) is 10.8. The number of carbonyl (C=O) groups excluding carboxylic acids is 1. The van der Waals surface area contributed by atoms with Gasteiger partial charge in [-0.25, -0.2) is 0 Å². The van der Waals surface area contributed by atoms with Crippen LogP contribution in [0.15, 0.2) is 18.2 Å². The molecule has 3 nitrogen and oxygen atoms in total. The molecule has 0 unspecified atom stereocenters. The smallest absolute Gasteiger partial charge is 0.163 e. The first-order valence-electron chi connectivity index (χ1n) is 5.89. The summed E-state index contributed by atoms with van der Waals surface area (Å²) in [6, 6.07) is 5.47. The molecule has 0 aliphatic carbocycles. The number of nitrogens with zero attached hydrogens (tertiary/aromatic N) is 2. The third kappa shape index (κ3) is 2.82. The van der Waals surface area contributed by atoms with Gasteiger partial charge >= 0.3 is 0 Å². The summed E-state index contributed by atoms with van der Waals surface area (Å²) in [5.74, 6) is 0.0374. The van der Waals surface area contributed by atoms with Gasteiger partial charge in [0, 0.05) is 5.69 Å². The van der Waals surface area contributed by atoms with Gasteiger partial charge in [-0.3, -0.25) is 9.48 Å². The van der Waals surface area contributed by atoms with Crippen LogP contribution >= 0.6 is 23.2 Å². The summed E-state index contributed by atoms with van der Waals surface area (Å²) in [7, 11) is 0. The number of rotatable bonds is 3. The number of aryl methyl sites for hydroxylation is 1. The molecule has 0 N–H and O–H groups in total. The molecule has 0 atom stereocenters. The molecule has 19 heavy (non-hydrogen) atoms. The van der Waals surface area contributed by atoms with Crippen LogP contribution in [0.1, 0.15) is 34.2 Å². The fourth-order valence-electron chi connectivity index (χ4n) is 2.17. The molecule has 0 saturated carbocycles. The quantitative estimate of drug-likeness (QED) is 0.801. The lowest BCUT2D eigenvalue weighted by Gasteiger charge is -2.06. The van der Waals surface area contributed by atoms with Gasteiger partial charge in [0.2, 0.25) is 0 Å². The van der Waals surface area contributed by atoms with E-state index in [2.05, 4.69) is 5.10 Å². The molecule has 0 aliphatic rings. The van der Waals surface area contributed by atoms with Crippen LogP contribution < -0.4 is 0 Å². The highest BCUT2D eigenvalue weighted by molar-refractivity contribution is 6.42. The van der Waals surface area contributed by atoms with Crippen LogP contribution in [0.3, 0.4) is 0 Å². The molecule has 2 aromatic rings. The number of benzene rings is 1. The van der Waals surface area contributed by atoms with Crippen LogP contribution in [-0.4, -0.2) is 15.6 Å². The number of hydrogen-bond donors (Lipinski definition) is 0. The van der Waals surface area contributed by atoms with E-state index < -0.39 is 0 Å². The van der Waals surface area contributed by atoms with E-state index in [0.29, 0.717) is 22.2 Å². The molecule has 0 spiro atoms. The van der Waals surface area contributed by atoms with Gasteiger partial charge in [0.05, 0.1) is 27.8 Å². The lowest BCUT2D eigenvalue weighted by atomic mass is 10.1. The Balaban J connectivity index is 2.36. The molecule has 1 aromatic carbocycles. The van der Waals surface area contributed by atoms with E-state index in [-0.39, 0.29) is 5.78 Å². The van der Waals surface area contributed by atoms with E-state index in [9.17, 15) is 4.79 Å². The first-order valence-corrected chi connectivity index (χ1v) is 6.64. The van der Waals surface area contributed by atoms with Crippen molar-refractivity contribution in [3.05, 3.63) is 50.8 Å². The summed E-state index contributed by atoms with van der Waals surface area (Å²) in [5, 5.41) is 5.45. The molecular weight excluding hydrogens is 283 g/mol. The van der Waals surface area contributed by atoms with Crippen molar-refractivity contribution in [3.8, 4) is 0 Å². The first kappa shape index (κ1) is 14.1. The second kappa shape index (κ2) is 5.35. The fourth-order valence-corrected chi connectivity index (χ4v) is 2.49.